The number of para-hydroxylation sites is 1. The fourth-order valence-corrected chi connectivity index (χ4v) is 4.46. The Morgan fingerprint density at radius 2 is 2.10 bits per heavy atom. The minimum Gasteiger partial charge on any atom is -0.314 e. The van der Waals surface area contributed by atoms with Gasteiger partial charge < -0.3 is 5.32 Å². The van der Waals surface area contributed by atoms with Crippen LogP contribution in [0.25, 0.3) is 10.2 Å². The summed E-state index contributed by atoms with van der Waals surface area (Å²) in [5.74, 6) is 0.808. The molecule has 0 aliphatic heterocycles. The first-order valence-electron chi connectivity index (χ1n) is 7.93. The summed E-state index contributed by atoms with van der Waals surface area (Å²) in [6, 6.07) is 9.23. The molecule has 1 aromatic heterocycles. The molecule has 2 nitrogen and oxygen atoms in total. The SMILES string of the molecule is CCNC1CCCCC(Cc2nc3ccccc3s2)C1. The maximum atomic E-state index is 4.81. The average Bonchev–Trinajstić information content (AvgIpc) is 2.72. The third-order valence-electron chi connectivity index (χ3n) is 4.33. The van der Waals surface area contributed by atoms with Crippen molar-refractivity contribution in [2.24, 2.45) is 5.92 Å². The molecule has 2 unspecified atom stereocenters. The van der Waals surface area contributed by atoms with Gasteiger partial charge in [0.25, 0.3) is 0 Å². The van der Waals surface area contributed by atoms with E-state index in [4.69, 9.17) is 4.98 Å². The summed E-state index contributed by atoms with van der Waals surface area (Å²) in [7, 11) is 0. The van der Waals surface area contributed by atoms with Gasteiger partial charge in [-0.05, 0) is 43.9 Å². The lowest BCUT2D eigenvalue weighted by Crippen LogP contribution is -2.30. The standard InChI is InChI=1S/C17H24N2S/c1-2-18-14-8-4-3-7-13(11-14)12-17-19-15-9-5-6-10-16(15)20-17/h5-6,9-10,13-14,18H,2-4,7-8,11-12H2,1H3. The Morgan fingerprint density at radius 3 is 2.95 bits per heavy atom. The number of hydrogen-bond donors (Lipinski definition) is 1. The zero-order chi connectivity index (χ0) is 13.8. The summed E-state index contributed by atoms with van der Waals surface area (Å²) < 4.78 is 1.33. The number of hydrogen-bond acceptors (Lipinski definition) is 3. The Labute approximate surface area is 125 Å². The molecule has 0 radical (unpaired) electrons. The van der Waals surface area contributed by atoms with Gasteiger partial charge in [-0.15, -0.1) is 11.3 Å². The number of thiazole rings is 1. The quantitative estimate of drug-likeness (QED) is 0.844. The van der Waals surface area contributed by atoms with Gasteiger partial charge in [0.15, 0.2) is 0 Å². The normalized spacial score (nSPS) is 23.9. The molecular weight excluding hydrogens is 264 g/mol. The smallest absolute Gasteiger partial charge is 0.0941 e. The summed E-state index contributed by atoms with van der Waals surface area (Å²) in [5, 5.41) is 4.98. The minimum absolute atomic E-state index is 0.724. The van der Waals surface area contributed by atoms with Crippen LogP contribution in [0.2, 0.25) is 0 Å². The molecule has 1 fully saturated rings. The van der Waals surface area contributed by atoms with Crippen LogP contribution in [0.4, 0.5) is 0 Å². The first kappa shape index (κ1) is 14.0. The van der Waals surface area contributed by atoms with E-state index >= 15 is 0 Å². The van der Waals surface area contributed by atoms with Crippen LogP contribution in [0.15, 0.2) is 24.3 Å². The van der Waals surface area contributed by atoms with Gasteiger partial charge in [-0.25, -0.2) is 4.98 Å². The van der Waals surface area contributed by atoms with Crippen molar-refractivity contribution in [3.8, 4) is 0 Å². The van der Waals surface area contributed by atoms with E-state index in [-0.39, 0.29) is 0 Å². The molecule has 1 heterocycles. The zero-order valence-corrected chi connectivity index (χ0v) is 13.1. The van der Waals surface area contributed by atoms with Crippen molar-refractivity contribution < 1.29 is 0 Å². The van der Waals surface area contributed by atoms with Crippen LogP contribution < -0.4 is 5.32 Å². The second-order valence-corrected chi connectivity index (χ2v) is 7.04. The van der Waals surface area contributed by atoms with Gasteiger partial charge in [-0.3, -0.25) is 0 Å². The lowest BCUT2D eigenvalue weighted by Gasteiger charge is -2.19. The van der Waals surface area contributed by atoms with E-state index in [1.165, 1.54) is 53.7 Å². The summed E-state index contributed by atoms with van der Waals surface area (Å²) >= 11 is 1.88. The van der Waals surface area contributed by atoms with Gasteiger partial charge in [0.1, 0.15) is 0 Å². The first-order chi connectivity index (χ1) is 9.85. The predicted molar refractivity (Wildman–Crippen MR) is 87.4 cm³/mol. The van der Waals surface area contributed by atoms with Crippen molar-refractivity contribution in [3.63, 3.8) is 0 Å². The number of nitrogens with zero attached hydrogens (tertiary/aromatic N) is 1. The molecular formula is C17H24N2S. The fourth-order valence-electron chi connectivity index (χ4n) is 3.38. The van der Waals surface area contributed by atoms with Crippen LogP contribution in [0.3, 0.4) is 0 Å². The van der Waals surface area contributed by atoms with E-state index in [1.54, 1.807) is 0 Å². The average molecular weight is 288 g/mol. The summed E-state index contributed by atoms with van der Waals surface area (Å²) in [6.45, 7) is 3.31. The second-order valence-electron chi connectivity index (χ2n) is 5.92. The molecule has 108 valence electrons. The molecule has 1 N–H and O–H groups in total. The van der Waals surface area contributed by atoms with Crippen molar-refractivity contribution in [2.45, 2.75) is 51.5 Å². The maximum absolute atomic E-state index is 4.81. The number of nitrogens with one attached hydrogen (secondary N) is 1. The maximum Gasteiger partial charge on any atom is 0.0941 e. The van der Waals surface area contributed by atoms with Crippen LogP contribution in [0, 0.1) is 5.92 Å². The van der Waals surface area contributed by atoms with Crippen LogP contribution in [0.5, 0.6) is 0 Å². The lowest BCUT2D eigenvalue weighted by molar-refractivity contribution is 0.389. The van der Waals surface area contributed by atoms with Gasteiger partial charge in [-0.2, -0.15) is 0 Å². The fraction of sp³-hybridized carbons (Fsp3) is 0.588. The summed E-state index contributed by atoms with van der Waals surface area (Å²) in [4.78, 5) is 4.81. The van der Waals surface area contributed by atoms with Crippen LogP contribution in [-0.2, 0) is 6.42 Å². The van der Waals surface area contributed by atoms with E-state index in [1.807, 2.05) is 11.3 Å². The molecule has 2 aromatic rings. The Morgan fingerprint density at radius 1 is 1.25 bits per heavy atom. The van der Waals surface area contributed by atoms with Gasteiger partial charge >= 0.3 is 0 Å². The number of rotatable bonds is 4. The van der Waals surface area contributed by atoms with E-state index in [0.717, 1.165) is 18.5 Å². The van der Waals surface area contributed by atoms with Crippen LogP contribution >= 0.6 is 11.3 Å². The number of benzene rings is 1. The molecule has 0 saturated heterocycles. The number of fused-ring (bicyclic) bond motifs is 1. The van der Waals surface area contributed by atoms with E-state index in [9.17, 15) is 0 Å². The van der Waals surface area contributed by atoms with E-state index in [0.29, 0.717) is 0 Å². The van der Waals surface area contributed by atoms with Gasteiger partial charge in [0.2, 0.25) is 0 Å². The van der Waals surface area contributed by atoms with Crippen molar-refractivity contribution in [2.75, 3.05) is 6.54 Å². The monoisotopic (exact) mass is 288 g/mol. The third kappa shape index (κ3) is 3.39. The van der Waals surface area contributed by atoms with Crippen LogP contribution in [0.1, 0.15) is 44.0 Å². The highest BCUT2D eigenvalue weighted by molar-refractivity contribution is 7.18. The van der Waals surface area contributed by atoms with Gasteiger partial charge in [0.05, 0.1) is 15.2 Å². The van der Waals surface area contributed by atoms with E-state index < -0.39 is 0 Å². The largest absolute Gasteiger partial charge is 0.314 e. The Hall–Kier alpha value is -0.930. The van der Waals surface area contributed by atoms with Crippen molar-refractivity contribution >= 4 is 21.6 Å². The molecule has 20 heavy (non-hydrogen) atoms. The lowest BCUT2D eigenvalue weighted by atomic mass is 9.95. The first-order valence-corrected chi connectivity index (χ1v) is 8.74. The summed E-state index contributed by atoms with van der Waals surface area (Å²) in [6.07, 6.45) is 7.98. The van der Waals surface area contributed by atoms with Crippen LogP contribution in [-0.4, -0.2) is 17.6 Å². The Bertz CT molecular complexity index is 516. The molecule has 1 aromatic carbocycles. The molecule has 0 amide bonds. The third-order valence-corrected chi connectivity index (χ3v) is 5.39. The molecule has 2 atom stereocenters. The van der Waals surface area contributed by atoms with E-state index in [2.05, 4.69) is 36.5 Å². The Balaban J connectivity index is 1.68. The molecule has 1 saturated carbocycles. The number of aromatic nitrogens is 1. The topological polar surface area (TPSA) is 24.9 Å². The highest BCUT2D eigenvalue weighted by Crippen LogP contribution is 2.29. The Kier molecular flexibility index (Phi) is 4.69. The van der Waals surface area contributed by atoms with Crippen molar-refractivity contribution in [1.29, 1.82) is 0 Å². The molecule has 3 heteroatoms. The zero-order valence-electron chi connectivity index (χ0n) is 12.3. The second kappa shape index (κ2) is 6.68. The minimum atomic E-state index is 0.724. The summed E-state index contributed by atoms with van der Waals surface area (Å²) in [5.41, 5.74) is 1.17. The van der Waals surface area contributed by atoms with Gasteiger partial charge in [0, 0.05) is 12.5 Å². The van der Waals surface area contributed by atoms with Crippen molar-refractivity contribution in [3.05, 3.63) is 29.3 Å². The van der Waals surface area contributed by atoms with Gasteiger partial charge in [-0.1, -0.05) is 31.9 Å². The molecule has 3 rings (SSSR count). The molecule has 1 aliphatic carbocycles. The molecule has 1 aliphatic rings. The molecule has 0 bridgehead atoms. The molecule has 0 spiro atoms. The van der Waals surface area contributed by atoms with Crippen molar-refractivity contribution in [1.82, 2.24) is 10.3 Å². The predicted octanol–water partition coefficient (Wildman–Crippen LogP) is 4.40. The highest BCUT2D eigenvalue weighted by Gasteiger charge is 2.21. The highest BCUT2D eigenvalue weighted by atomic mass is 32.1.